The van der Waals surface area contributed by atoms with Crippen molar-refractivity contribution < 1.29 is 18.3 Å². The number of aryl methyl sites for hydroxylation is 1. The number of benzene rings is 1. The first-order valence-electron chi connectivity index (χ1n) is 6.41. The summed E-state index contributed by atoms with van der Waals surface area (Å²) in [5, 5.41) is 9.00. The van der Waals surface area contributed by atoms with Crippen LogP contribution in [0.3, 0.4) is 0 Å². The minimum atomic E-state index is -3.76. The summed E-state index contributed by atoms with van der Waals surface area (Å²) in [5.41, 5.74) is 1.34. The molecule has 0 unspecified atom stereocenters. The fourth-order valence-corrected chi connectivity index (χ4v) is 3.31. The van der Waals surface area contributed by atoms with Gasteiger partial charge in [-0.15, -0.1) is 0 Å². The quantitative estimate of drug-likeness (QED) is 0.757. The molecule has 0 bridgehead atoms. The lowest BCUT2D eigenvalue weighted by Gasteiger charge is -2.11. The molecule has 21 heavy (non-hydrogen) atoms. The van der Waals surface area contributed by atoms with Crippen molar-refractivity contribution in [3.05, 3.63) is 53.3 Å². The molecule has 2 aromatic rings. The number of hydrogen-bond donors (Lipinski definition) is 3. The van der Waals surface area contributed by atoms with Crippen LogP contribution < -0.4 is 4.72 Å². The Kier molecular flexibility index (Phi) is 4.44. The number of sulfonamides is 1. The smallest absolute Gasteiger partial charge is 0.335 e. The van der Waals surface area contributed by atoms with E-state index < -0.39 is 16.0 Å². The van der Waals surface area contributed by atoms with Gasteiger partial charge < -0.3 is 10.1 Å². The van der Waals surface area contributed by atoms with E-state index in [2.05, 4.69) is 9.71 Å². The molecular weight excluding hydrogens is 292 g/mol. The fourth-order valence-electron chi connectivity index (χ4n) is 1.95. The van der Waals surface area contributed by atoms with Gasteiger partial charge in [-0.3, -0.25) is 0 Å². The summed E-state index contributed by atoms with van der Waals surface area (Å²) >= 11 is 0. The van der Waals surface area contributed by atoms with Crippen molar-refractivity contribution in [3.63, 3.8) is 0 Å². The van der Waals surface area contributed by atoms with Gasteiger partial charge in [0.15, 0.2) is 0 Å². The van der Waals surface area contributed by atoms with Crippen LogP contribution in [-0.2, 0) is 23.0 Å². The minimum absolute atomic E-state index is 0.0143. The molecule has 0 radical (unpaired) electrons. The van der Waals surface area contributed by atoms with Gasteiger partial charge in [-0.05, 0) is 35.7 Å². The van der Waals surface area contributed by atoms with Gasteiger partial charge in [0.1, 0.15) is 0 Å². The highest BCUT2D eigenvalue weighted by molar-refractivity contribution is 7.89. The molecule has 0 saturated heterocycles. The van der Waals surface area contributed by atoms with Crippen molar-refractivity contribution in [3.8, 4) is 0 Å². The Morgan fingerprint density at radius 3 is 2.67 bits per heavy atom. The first-order chi connectivity index (χ1) is 9.94. The average molecular weight is 308 g/mol. The van der Waals surface area contributed by atoms with Crippen molar-refractivity contribution in [2.75, 3.05) is 0 Å². The molecule has 7 heteroatoms. The van der Waals surface area contributed by atoms with E-state index in [4.69, 9.17) is 5.11 Å². The van der Waals surface area contributed by atoms with Crippen LogP contribution in [0.25, 0.3) is 0 Å². The predicted octanol–water partition coefficient (Wildman–Crippen LogP) is 1.75. The SMILES string of the molecule is CCc1ccc(C(=O)O)cc1S(=O)(=O)NCc1cc[nH]c1. The van der Waals surface area contributed by atoms with Crippen LogP contribution in [0.4, 0.5) is 0 Å². The van der Waals surface area contributed by atoms with Crippen LogP contribution in [0.1, 0.15) is 28.4 Å². The zero-order valence-corrected chi connectivity index (χ0v) is 12.3. The summed E-state index contributed by atoms with van der Waals surface area (Å²) in [6, 6.07) is 5.90. The molecule has 0 aliphatic carbocycles. The number of aromatic amines is 1. The first kappa shape index (κ1) is 15.3. The van der Waals surface area contributed by atoms with Gasteiger partial charge in [0, 0.05) is 18.9 Å². The van der Waals surface area contributed by atoms with Gasteiger partial charge in [0.05, 0.1) is 10.5 Å². The topological polar surface area (TPSA) is 99.3 Å². The van der Waals surface area contributed by atoms with Gasteiger partial charge in [-0.1, -0.05) is 13.0 Å². The van der Waals surface area contributed by atoms with Crippen molar-refractivity contribution in [1.82, 2.24) is 9.71 Å². The molecule has 0 atom stereocenters. The zero-order chi connectivity index (χ0) is 15.5. The molecule has 6 nitrogen and oxygen atoms in total. The van der Waals surface area contributed by atoms with Gasteiger partial charge in [0.25, 0.3) is 0 Å². The Hall–Kier alpha value is -2.12. The molecule has 3 N–H and O–H groups in total. The molecule has 112 valence electrons. The highest BCUT2D eigenvalue weighted by Gasteiger charge is 2.19. The lowest BCUT2D eigenvalue weighted by molar-refractivity contribution is 0.0696. The Morgan fingerprint density at radius 1 is 1.33 bits per heavy atom. The fraction of sp³-hybridized carbons (Fsp3) is 0.214. The maximum absolute atomic E-state index is 12.4. The summed E-state index contributed by atoms with van der Waals surface area (Å²) in [7, 11) is -3.76. The molecule has 0 spiro atoms. The molecule has 0 aliphatic rings. The molecule has 0 amide bonds. The van der Waals surface area contributed by atoms with E-state index in [0.29, 0.717) is 12.0 Å². The Bertz CT molecular complexity index is 736. The third-order valence-corrected chi connectivity index (χ3v) is 4.60. The van der Waals surface area contributed by atoms with Gasteiger partial charge in [-0.2, -0.15) is 0 Å². The van der Waals surface area contributed by atoms with Crippen molar-refractivity contribution in [2.24, 2.45) is 0 Å². The normalized spacial score (nSPS) is 11.5. The number of carboxylic acids is 1. The second kappa shape index (κ2) is 6.11. The first-order valence-corrected chi connectivity index (χ1v) is 7.90. The van der Waals surface area contributed by atoms with E-state index in [1.807, 2.05) is 6.92 Å². The molecule has 1 heterocycles. The standard InChI is InChI=1S/C14H16N2O4S/c1-2-11-3-4-12(14(17)18)7-13(11)21(19,20)16-9-10-5-6-15-8-10/h3-8,15-16H,2,9H2,1H3,(H,17,18). The average Bonchev–Trinajstić information content (AvgIpc) is 2.98. The van der Waals surface area contributed by atoms with Gasteiger partial charge in [0.2, 0.25) is 10.0 Å². The van der Waals surface area contributed by atoms with E-state index in [-0.39, 0.29) is 17.0 Å². The third-order valence-electron chi connectivity index (χ3n) is 3.11. The van der Waals surface area contributed by atoms with Crippen LogP contribution >= 0.6 is 0 Å². The van der Waals surface area contributed by atoms with Crippen LogP contribution in [-0.4, -0.2) is 24.5 Å². The predicted molar refractivity (Wildman–Crippen MR) is 77.6 cm³/mol. The molecule has 2 rings (SSSR count). The lowest BCUT2D eigenvalue weighted by Crippen LogP contribution is -2.24. The number of nitrogens with one attached hydrogen (secondary N) is 2. The molecule has 0 aliphatic heterocycles. The number of H-pyrrole nitrogens is 1. The van der Waals surface area contributed by atoms with Crippen LogP contribution in [0.15, 0.2) is 41.6 Å². The maximum Gasteiger partial charge on any atom is 0.335 e. The van der Waals surface area contributed by atoms with Crippen LogP contribution in [0, 0.1) is 0 Å². The Morgan fingerprint density at radius 2 is 2.10 bits per heavy atom. The molecule has 1 aromatic carbocycles. The Balaban J connectivity index is 2.33. The number of aromatic nitrogens is 1. The van der Waals surface area contributed by atoms with Gasteiger partial charge in [-0.25, -0.2) is 17.9 Å². The largest absolute Gasteiger partial charge is 0.478 e. The molecular formula is C14H16N2O4S. The molecule has 0 saturated carbocycles. The molecule has 1 aromatic heterocycles. The summed E-state index contributed by atoms with van der Waals surface area (Å²) in [5.74, 6) is -1.15. The number of hydrogen-bond acceptors (Lipinski definition) is 3. The monoisotopic (exact) mass is 308 g/mol. The van der Waals surface area contributed by atoms with E-state index in [9.17, 15) is 13.2 Å². The number of carbonyl (C=O) groups is 1. The van der Waals surface area contributed by atoms with E-state index in [1.165, 1.54) is 18.2 Å². The van der Waals surface area contributed by atoms with Crippen LogP contribution in [0.2, 0.25) is 0 Å². The highest BCUT2D eigenvalue weighted by Crippen LogP contribution is 2.19. The summed E-state index contributed by atoms with van der Waals surface area (Å²) in [6.07, 6.45) is 3.89. The second-order valence-corrected chi connectivity index (χ2v) is 6.26. The second-order valence-electron chi connectivity index (χ2n) is 4.53. The zero-order valence-electron chi connectivity index (χ0n) is 11.5. The van der Waals surface area contributed by atoms with Gasteiger partial charge >= 0.3 is 5.97 Å². The third kappa shape index (κ3) is 3.50. The van der Waals surface area contributed by atoms with E-state index in [0.717, 1.165) is 5.56 Å². The minimum Gasteiger partial charge on any atom is -0.478 e. The van der Waals surface area contributed by atoms with Crippen molar-refractivity contribution >= 4 is 16.0 Å². The van der Waals surface area contributed by atoms with Crippen molar-refractivity contribution in [2.45, 2.75) is 24.8 Å². The van der Waals surface area contributed by atoms with E-state index in [1.54, 1.807) is 18.5 Å². The molecule has 0 fully saturated rings. The van der Waals surface area contributed by atoms with Crippen molar-refractivity contribution in [1.29, 1.82) is 0 Å². The Labute approximate surface area is 122 Å². The van der Waals surface area contributed by atoms with E-state index >= 15 is 0 Å². The lowest BCUT2D eigenvalue weighted by atomic mass is 10.1. The number of rotatable bonds is 6. The van der Waals surface area contributed by atoms with Crippen LogP contribution in [0.5, 0.6) is 0 Å². The highest BCUT2D eigenvalue weighted by atomic mass is 32.2. The summed E-state index contributed by atoms with van der Waals surface area (Å²) < 4.78 is 27.2. The maximum atomic E-state index is 12.4. The number of aromatic carboxylic acids is 1. The summed E-state index contributed by atoms with van der Waals surface area (Å²) in [4.78, 5) is 13.9. The summed E-state index contributed by atoms with van der Waals surface area (Å²) in [6.45, 7) is 1.97. The number of carboxylic acid groups (broad SMARTS) is 1.